The highest BCUT2D eigenvalue weighted by Gasteiger charge is 2.14. The molecule has 1 amide bonds. The van der Waals surface area contributed by atoms with Crippen molar-refractivity contribution in [3.05, 3.63) is 74.9 Å². The molecular weight excluding hydrogens is 392 g/mol. The first kappa shape index (κ1) is 18.8. The van der Waals surface area contributed by atoms with E-state index in [1.807, 2.05) is 11.5 Å². The van der Waals surface area contributed by atoms with Crippen LogP contribution in [-0.4, -0.2) is 23.6 Å². The zero-order valence-corrected chi connectivity index (χ0v) is 16.5. The largest absolute Gasteiger partial charge is 0.465 e. The van der Waals surface area contributed by atoms with Crippen LogP contribution in [0.4, 0.5) is 0 Å². The molecule has 0 radical (unpaired) electrons. The minimum Gasteiger partial charge on any atom is -0.465 e. The Labute approximate surface area is 168 Å². The molecule has 4 rings (SSSR count). The number of para-hydroxylation sites is 1. The van der Waals surface area contributed by atoms with Crippen molar-refractivity contribution in [2.75, 3.05) is 7.11 Å². The van der Waals surface area contributed by atoms with Gasteiger partial charge in [0.25, 0.3) is 0 Å². The molecule has 0 unspecified atom stereocenters. The number of rotatable bonds is 3. The predicted octanol–water partition coefficient (Wildman–Crippen LogP) is 3.36. The van der Waals surface area contributed by atoms with Crippen LogP contribution in [0.15, 0.2) is 62.7 Å². The molecule has 2 heterocycles. The van der Waals surface area contributed by atoms with E-state index >= 15 is 0 Å². The number of hydrogen-bond donors (Lipinski definition) is 0. The van der Waals surface area contributed by atoms with Crippen molar-refractivity contribution in [2.45, 2.75) is 13.5 Å². The van der Waals surface area contributed by atoms with E-state index < -0.39 is 11.9 Å². The number of methoxy groups -OCH3 is 1. The molecule has 29 heavy (non-hydrogen) atoms. The summed E-state index contributed by atoms with van der Waals surface area (Å²) in [5.74, 6) is -1.20. The number of aryl methyl sites for hydroxylation is 1. The van der Waals surface area contributed by atoms with Crippen LogP contribution < -0.4 is 10.2 Å². The Morgan fingerprint density at radius 2 is 1.97 bits per heavy atom. The normalized spacial score (nSPS) is 11.9. The third kappa shape index (κ3) is 3.38. The quantitative estimate of drug-likeness (QED) is 0.485. The summed E-state index contributed by atoms with van der Waals surface area (Å²) in [6.07, 6.45) is 0. The Kier molecular flexibility index (Phi) is 4.85. The van der Waals surface area contributed by atoms with E-state index in [9.17, 15) is 14.4 Å². The van der Waals surface area contributed by atoms with Crippen molar-refractivity contribution in [1.82, 2.24) is 4.57 Å². The number of esters is 1. The van der Waals surface area contributed by atoms with Crippen LogP contribution in [0.25, 0.3) is 21.2 Å². The number of carbonyl (C=O) groups is 2. The van der Waals surface area contributed by atoms with Gasteiger partial charge in [-0.2, -0.15) is 4.99 Å². The van der Waals surface area contributed by atoms with Crippen LogP contribution >= 0.6 is 11.3 Å². The fourth-order valence-corrected chi connectivity index (χ4v) is 4.19. The van der Waals surface area contributed by atoms with Gasteiger partial charge in [0.15, 0.2) is 16.0 Å². The average molecular weight is 408 g/mol. The Morgan fingerprint density at radius 1 is 1.17 bits per heavy atom. The molecular formula is C21H16N2O5S. The summed E-state index contributed by atoms with van der Waals surface area (Å²) in [4.78, 5) is 41.3. The van der Waals surface area contributed by atoms with Crippen molar-refractivity contribution in [1.29, 1.82) is 0 Å². The molecule has 2 aromatic heterocycles. The van der Waals surface area contributed by atoms with E-state index in [2.05, 4.69) is 4.99 Å². The molecule has 0 aliphatic carbocycles. The highest BCUT2D eigenvalue weighted by molar-refractivity contribution is 7.16. The monoisotopic (exact) mass is 408 g/mol. The summed E-state index contributed by atoms with van der Waals surface area (Å²) in [6, 6.07) is 13.1. The third-order valence-corrected chi connectivity index (χ3v) is 5.50. The number of carbonyl (C=O) groups excluding carboxylic acids is 2. The third-order valence-electron chi connectivity index (χ3n) is 4.46. The fourth-order valence-electron chi connectivity index (χ4n) is 3.06. The lowest BCUT2D eigenvalue weighted by molar-refractivity contribution is 0.0601. The molecule has 4 aromatic rings. The molecule has 8 heteroatoms. The van der Waals surface area contributed by atoms with Crippen LogP contribution in [0.3, 0.4) is 0 Å². The molecule has 0 aliphatic heterocycles. The van der Waals surface area contributed by atoms with Crippen LogP contribution in [0, 0.1) is 0 Å². The van der Waals surface area contributed by atoms with Crippen molar-refractivity contribution < 1.29 is 18.7 Å². The molecule has 7 nitrogen and oxygen atoms in total. The van der Waals surface area contributed by atoms with Gasteiger partial charge in [-0.05, 0) is 37.3 Å². The van der Waals surface area contributed by atoms with E-state index in [-0.39, 0.29) is 11.2 Å². The van der Waals surface area contributed by atoms with Gasteiger partial charge in [-0.3, -0.25) is 9.59 Å². The molecule has 0 aliphatic rings. The lowest BCUT2D eigenvalue weighted by atomic mass is 10.2. The number of ether oxygens (including phenoxy) is 1. The molecule has 0 saturated heterocycles. The average Bonchev–Trinajstić information content (AvgIpc) is 3.09. The molecule has 2 aromatic carbocycles. The summed E-state index contributed by atoms with van der Waals surface area (Å²) in [7, 11) is 1.32. The van der Waals surface area contributed by atoms with E-state index in [1.165, 1.54) is 18.4 Å². The number of amides is 1. The van der Waals surface area contributed by atoms with Crippen molar-refractivity contribution in [3.8, 4) is 0 Å². The maximum absolute atomic E-state index is 12.7. The second-order valence-corrected chi connectivity index (χ2v) is 7.20. The van der Waals surface area contributed by atoms with Gasteiger partial charge in [-0.25, -0.2) is 4.79 Å². The smallest absolute Gasteiger partial charge is 0.337 e. The summed E-state index contributed by atoms with van der Waals surface area (Å²) < 4.78 is 13.0. The van der Waals surface area contributed by atoms with Gasteiger partial charge in [0.1, 0.15) is 5.58 Å². The van der Waals surface area contributed by atoms with Gasteiger partial charge < -0.3 is 13.7 Å². The van der Waals surface area contributed by atoms with Gasteiger partial charge in [0.05, 0.1) is 28.3 Å². The van der Waals surface area contributed by atoms with Gasteiger partial charge in [0, 0.05) is 12.6 Å². The number of benzene rings is 2. The van der Waals surface area contributed by atoms with Crippen LogP contribution in [-0.2, 0) is 11.3 Å². The molecule has 0 N–H and O–H groups in total. The van der Waals surface area contributed by atoms with Crippen molar-refractivity contribution >= 4 is 44.4 Å². The first-order valence-electron chi connectivity index (χ1n) is 8.85. The summed E-state index contributed by atoms with van der Waals surface area (Å²) >= 11 is 1.27. The molecule has 0 atom stereocenters. The zero-order chi connectivity index (χ0) is 20.5. The summed E-state index contributed by atoms with van der Waals surface area (Å²) in [6.45, 7) is 2.51. The highest BCUT2D eigenvalue weighted by atomic mass is 32.1. The molecule has 0 saturated carbocycles. The molecule has 0 fully saturated rings. The second-order valence-electron chi connectivity index (χ2n) is 6.19. The zero-order valence-electron chi connectivity index (χ0n) is 15.7. The van der Waals surface area contributed by atoms with Crippen LogP contribution in [0.5, 0.6) is 0 Å². The number of hydrogen-bond acceptors (Lipinski definition) is 6. The first-order valence-corrected chi connectivity index (χ1v) is 9.67. The number of nitrogens with zero attached hydrogens (tertiary/aromatic N) is 2. The van der Waals surface area contributed by atoms with E-state index in [1.54, 1.807) is 42.5 Å². The summed E-state index contributed by atoms with van der Waals surface area (Å²) in [5, 5.41) is 0.407. The Balaban J connectivity index is 1.84. The van der Waals surface area contributed by atoms with Gasteiger partial charge in [-0.1, -0.05) is 23.5 Å². The van der Waals surface area contributed by atoms with Crippen molar-refractivity contribution in [3.63, 3.8) is 0 Å². The minimum absolute atomic E-state index is 0.121. The van der Waals surface area contributed by atoms with Gasteiger partial charge in [0.2, 0.25) is 0 Å². The second kappa shape index (κ2) is 7.48. The first-order chi connectivity index (χ1) is 14.0. The van der Waals surface area contributed by atoms with Gasteiger partial charge in [-0.15, -0.1) is 0 Å². The van der Waals surface area contributed by atoms with Gasteiger partial charge >= 0.3 is 11.9 Å². The Bertz CT molecular complexity index is 1390. The van der Waals surface area contributed by atoms with Crippen LogP contribution in [0.1, 0.15) is 27.8 Å². The number of aromatic nitrogens is 1. The van der Waals surface area contributed by atoms with E-state index in [0.29, 0.717) is 27.9 Å². The standard InChI is InChI=1S/C21H16N2O5S/c1-3-23-14-9-8-12(20(26)27-2)10-18(14)29-21(23)22-19(25)17-11-15(24)13-6-4-5-7-16(13)28-17/h4-11H,3H2,1-2H3. The number of fused-ring (bicyclic) bond motifs is 2. The Morgan fingerprint density at radius 3 is 2.72 bits per heavy atom. The highest BCUT2D eigenvalue weighted by Crippen LogP contribution is 2.20. The minimum atomic E-state index is -0.644. The lowest BCUT2D eigenvalue weighted by Crippen LogP contribution is -2.16. The van der Waals surface area contributed by atoms with E-state index in [4.69, 9.17) is 9.15 Å². The molecule has 0 spiro atoms. The SMILES string of the molecule is CCn1c(=NC(=O)c2cc(=O)c3ccccc3o2)sc2cc(C(=O)OC)ccc21. The predicted molar refractivity (Wildman–Crippen MR) is 109 cm³/mol. The number of thiazole rings is 1. The van der Waals surface area contributed by atoms with Crippen molar-refractivity contribution in [2.24, 2.45) is 4.99 Å². The maximum atomic E-state index is 12.7. The van der Waals surface area contributed by atoms with Crippen LogP contribution in [0.2, 0.25) is 0 Å². The lowest BCUT2D eigenvalue weighted by Gasteiger charge is -2.02. The fraction of sp³-hybridized carbons (Fsp3) is 0.143. The maximum Gasteiger partial charge on any atom is 0.337 e. The van der Waals surface area contributed by atoms with E-state index in [0.717, 1.165) is 16.3 Å². The Hall–Kier alpha value is -3.52. The topological polar surface area (TPSA) is 90.9 Å². The summed E-state index contributed by atoms with van der Waals surface area (Å²) in [5.41, 5.74) is 1.30. The molecule has 146 valence electrons. The molecule has 0 bridgehead atoms.